The lowest BCUT2D eigenvalue weighted by Crippen LogP contribution is -2.30. The van der Waals surface area contributed by atoms with Gasteiger partial charge in [-0.1, -0.05) is 173 Å². The molecule has 0 aliphatic carbocycles. The van der Waals surface area contributed by atoms with E-state index >= 15 is 0 Å². The number of esters is 3. The minimum absolute atomic E-state index is 0.141. The summed E-state index contributed by atoms with van der Waals surface area (Å²) in [5.74, 6) is -1.10. The zero-order valence-electron chi connectivity index (χ0n) is 36.9. The second kappa shape index (κ2) is 46.0. The largest absolute Gasteiger partial charge is 0.462 e. The van der Waals surface area contributed by atoms with Crippen molar-refractivity contribution in [1.29, 1.82) is 0 Å². The van der Waals surface area contributed by atoms with Crippen molar-refractivity contribution >= 4 is 17.9 Å². The molecule has 59 heavy (non-hydrogen) atoms. The molecule has 0 rings (SSSR count). The average Bonchev–Trinajstić information content (AvgIpc) is 3.23. The Bertz CT molecular complexity index is 1390. The maximum atomic E-state index is 12.7. The first-order chi connectivity index (χ1) is 29.0. The van der Waals surface area contributed by atoms with Crippen LogP contribution in [0.25, 0.3) is 0 Å². The average molecular weight is 811 g/mol. The highest BCUT2D eigenvalue weighted by atomic mass is 16.6. The second-order valence-corrected chi connectivity index (χ2v) is 13.9. The molecule has 0 spiro atoms. The van der Waals surface area contributed by atoms with E-state index in [1.165, 1.54) is 0 Å². The van der Waals surface area contributed by atoms with Gasteiger partial charge in [-0.15, -0.1) is 0 Å². The molecule has 1 unspecified atom stereocenters. The zero-order chi connectivity index (χ0) is 43.0. The number of rotatable bonds is 37. The molecule has 0 saturated carbocycles. The van der Waals surface area contributed by atoms with Crippen LogP contribution in [-0.2, 0) is 28.6 Å². The topological polar surface area (TPSA) is 78.9 Å². The molecule has 0 N–H and O–H groups in total. The number of hydrogen-bond acceptors (Lipinski definition) is 6. The first-order valence-electron chi connectivity index (χ1n) is 22.4. The van der Waals surface area contributed by atoms with Crippen LogP contribution in [0, 0.1) is 0 Å². The Hall–Kier alpha value is -4.71. The third-order valence-corrected chi connectivity index (χ3v) is 8.45. The quantitative estimate of drug-likeness (QED) is 0.0204. The molecule has 0 aromatic heterocycles. The van der Waals surface area contributed by atoms with Crippen molar-refractivity contribution in [2.45, 2.75) is 155 Å². The molecule has 0 aromatic carbocycles. The van der Waals surface area contributed by atoms with Gasteiger partial charge in [0, 0.05) is 19.3 Å². The summed E-state index contributed by atoms with van der Waals surface area (Å²) in [5.41, 5.74) is 0. The predicted octanol–water partition coefficient (Wildman–Crippen LogP) is 14.5. The molecular formula is C53H78O6. The van der Waals surface area contributed by atoms with Gasteiger partial charge >= 0.3 is 17.9 Å². The molecule has 6 heteroatoms. The van der Waals surface area contributed by atoms with Crippen molar-refractivity contribution in [2.24, 2.45) is 0 Å². The van der Waals surface area contributed by atoms with Gasteiger partial charge in [0.2, 0.25) is 0 Å². The van der Waals surface area contributed by atoms with Crippen LogP contribution in [0.2, 0.25) is 0 Å². The lowest BCUT2D eigenvalue weighted by atomic mass is 10.1. The van der Waals surface area contributed by atoms with E-state index in [1.54, 1.807) is 0 Å². The molecule has 0 aliphatic rings. The molecule has 6 nitrogen and oxygen atoms in total. The third kappa shape index (κ3) is 44.2. The Morgan fingerprint density at radius 3 is 1.19 bits per heavy atom. The molecule has 0 amide bonds. The van der Waals surface area contributed by atoms with Crippen LogP contribution in [0.4, 0.5) is 0 Å². The molecule has 1 atom stereocenters. The van der Waals surface area contributed by atoms with E-state index in [1.807, 2.05) is 54.7 Å². The Labute approximate surface area is 359 Å². The maximum absolute atomic E-state index is 12.7. The Morgan fingerprint density at radius 1 is 0.356 bits per heavy atom. The van der Waals surface area contributed by atoms with E-state index in [9.17, 15) is 14.4 Å². The maximum Gasteiger partial charge on any atom is 0.306 e. The number of carbonyl (C=O) groups is 3. The van der Waals surface area contributed by atoms with E-state index in [0.717, 1.165) is 89.9 Å². The van der Waals surface area contributed by atoms with Crippen LogP contribution in [0.15, 0.2) is 146 Å². The highest BCUT2D eigenvalue weighted by Gasteiger charge is 2.19. The summed E-state index contributed by atoms with van der Waals surface area (Å²) in [6, 6.07) is 0. The number of unbranched alkanes of at least 4 members (excludes halogenated alkanes) is 6. The van der Waals surface area contributed by atoms with Crippen molar-refractivity contribution in [2.75, 3.05) is 13.2 Å². The highest BCUT2D eigenvalue weighted by molar-refractivity contribution is 5.71. The monoisotopic (exact) mass is 811 g/mol. The van der Waals surface area contributed by atoms with Crippen LogP contribution in [0.3, 0.4) is 0 Å². The van der Waals surface area contributed by atoms with Crippen LogP contribution >= 0.6 is 0 Å². The summed E-state index contributed by atoms with van der Waals surface area (Å²) in [7, 11) is 0. The summed E-state index contributed by atoms with van der Waals surface area (Å²) < 4.78 is 16.5. The van der Waals surface area contributed by atoms with Gasteiger partial charge in [-0.2, -0.15) is 0 Å². The van der Waals surface area contributed by atoms with Gasteiger partial charge in [0.1, 0.15) is 13.2 Å². The van der Waals surface area contributed by atoms with Crippen LogP contribution in [-0.4, -0.2) is 37.2 Å². The zero-order valence-corrected chi connectivity index (χ0v) is 36.9. The van der Waals surface area contributed by atoms with Gasteiger partial charge in [-0.3, -0.25) is 14.4 Å². The number of ether oxygens (including phenoxy) is 3. The predicted molar refractivity (Wildman–Crippen MR) is 251 cm³/mol. The Morgan fingerprint density at radius 2 is 0.712 bits per heavy atom. The molecule has 0 aromatic rings. The second-order valence-electron chi connectivity index (χ2n) is 13.9. The summed E-state index contributed by atoms with van der Waals surface area (Å²) in [4.78, 5) is 37.7. The third-order valence-electron chi connectivity index (χ3n) is 8.45. The van der Waals surface area contributed by atoms with Gasteiger partial charge in [-0.05, 0) is 103 Å². The van der Waals surface area contributed by atoms with Gasteiger partial charge in [-0.25, -0.2) is 0 Å². The SMILES string of the molecule is CC\C=C/C=C\C=C/C=C\C=C/CCCC(=O)OC(COC(=O)CCCC/C=C\C/C=C\CC)COC(=O)CCCCC/C=C\C/C=C\C/C=C\C/C=C\C/C=C\CC. The van der Waals surface area contributed by atoms with E-state index in [2.05, 4.69) is 112 Å². The lowest BCUT2D eigenvalue weighted by Gasteiger charge is -2.18. The van der Waals surface area contributed by atoms with Crippen molar-refractivity contribution in [3.8, 4) is 0 Å². The number of allylic oxidation sites excluding steroid dienone is 24. The van der Waals surface area contributed by atoms with Crippen LogP contribution < -0.4 is 0 Å². The first-order valence-corrected chi connectivity index (χ1v) is 22.4. The van der Waals surface area contributed by atoms with E-state index in [4.69, 9.17) is 14.2 Å². The lowest BCUT2D eigenvalue weighted by molar-refractivity contribution is -0.167. The van der Waals surface area contributed by atoms with E-state index < -0.39 is 12.1 Å². The normalized spacial score (nSPS) is 13.5. The molecule has 0 fully saturated rings. The van der Waals surface area contributed by atoms with Gasteiger partial charge in [0.15, 0.2) is 6.10 Å². The summed E-state index contributed by atoms with van der Waals surface area (Å²) >= 11 is 0. The van der Waals surface area contributed by atoms with E-state index in [-0.39, 0.29) is 38.0 Å². The van der Waals surface area contributed by atoms with E-state index in [0.29, 0.717) is 25.7 Å². The smallest absolute Gasteiger partial charge is 0.306 e. The van der Waals surface area contributed by atoms with Crippen molar-refractivity contribution in [1.82, 2.24) is 0 Å². The van der Waals surface area contributed by atoms with Crippen molar-refractivity contribution in [3.63, 3.8) is 0 Å². The Balaban J connectivity index is 4.57. The Kier molecular flexibility index (Phi) is 42.3. The standard InChI is InChI=1S/C53H78O6/c1-4-7-10-13-16-19-21-23-24-25-26-27-28-30-31-34-37-40-43-46-52(55)58-49-50(48-57-51(54)45-42-39-36-33-18-15-12-9-6-3)59-53(56)47-44-41-38-35-32-29-22-20-17-14-11-8-5-2/h7-12,14,16-20,22-24,26-27,29-33,35,38,50H,4-6,13,15,21,25,28,34,36-37,39-49H2,1-3H3/b10-7-,11-8-,12-9-,17-14-,19-16-,22-20-,24-23-,27-26-,31-30-,32-29-,33-18-,38-35-. The molecule has 0 aliphatic heterocycles. The number of hydrogen-bond donors (Lipinski definition) is 0. The first kappa shape index (κ1) is 54.3. The van der Waals surface area contributed by atoms with Crippen molar-refractivity contribution < 1.29 is 28.6 Å². The minimum atomic E-state index is -0.846. The fourth-order valence-electron chi connectivity index (χ4n) is 5.18. The van der Waals surface area contributed by atoms with Crippen LogP contribution in [0.1, 0.15) is 149 Å². The summed E-state index contributed by atoms with van der Waals surface area (Å²) in [5, 5.41) is 0. The molecule has 0 radical (unpaired) electrons. The fourth-order valence-corrected chi connectivity index (χ4v) is 5.18. The molecule has 0 bridgehead atoms. The van der Waals surface area contributed by atoms with Gasteiger partial charge in [0.05, 0.1) is 0 Å². The molecule has 0 saturated heterocycles. The van der Waals surface area contributed by atoms with Gasteiger partial charge < -0.3 is 14.2 Å². The molecule has 326 valence electrons. The van der Waals surface area contributed by atoms with Crippen LogP contribution in [0.5, 0.6) is 0 Å². The molecular weight excluding hydrogens is 733 g/mol. The molecule has 0 heterocycles. The summed E-state index contributed by atoms with van der Waals surface area (Å²) in [6.45, 7) is 6.08. The fraction of sp³-hybridized carbons (Fsp3) is 0.491. The van der Waals surface area contributed by atoms with Gasteiger partial charge in [0.25, 0.3) is 0 Å². The minimum Gasteiger partial charge on any atom is -0.462 e. The van der Waals surface area contributed by atoms with Crippen molar-refractivity contribution in [3.05, 3.63) is 146 Å². The summed E-state index contributed by atoms with van der Waals surface area (Å²) in [6.07, 6.45) is 65.7. The highest BCUT2D eigenvalue weighted by Crippen LogP contribution is 2.09. The number of carbonyl (C=O) groups excluding carboxylic acids is 3.